The zero-order valence-electron chi connectivity index (χ0n) is 8.02. The van der Waals surface area contributed by atoms with Crippen molar-refractivity contribution in [1.29, 1.82) is 0 Å². The summed E-state index contributed by atoms with van der Waals surface area (Å²) >= 11 is 5.58. The molecule has 0 amide bonds. The van der Waals surface area contributed by atoms with E-state index in [-0.39, 0.29) is 5.78 Å². The van der Waals surface area contributed by atoms with Crippen LogP contribution in [-0.2, 0) is 0 Å². The molecule has 1 nitrogen and oxygen atoms in total. The average molecular weight is 367 g/mol. The summed E-state index contributed by atoms with van der Waals surface area (Å²) in [6, 6.07) is 5.82. The third-order valence-electron chi connectivity index (χ3n) is 1.99. The van der Waals surface area contributed by atoms with E-state index < -0.39 is 0 Å². The van der Waals surface area contributed by atoms with Crippen LogP contribution in [0.3, 0.4) is 0 Å². The van der Waals surface area contributed by atoms with Crippen LogP contribution < -0.4 is 0 Å². The molecule has 3 heteroatoms. The van der Waals surface area contributed by atoms with Gasteiger partial charge in [-0.2, -0.15) is 0 Å². The Labute approximate surface area is 107 Å². The number of rotatable bonds is 4. The summed E-state index contributed by atoms with van der Waals surface area (Å²) in [6.07, 6.45) is 2.70. The highest BCUT2D eigenvalue weighted by atomic mass is 127. The summed E-state index contributed by atoms with van der Waals surface area (Å²) in [5.41, 5.74) is 0.841. The Morgan fingerprint density at radius 2 is 2.21 bits per heavy atom. The largest absolute Gasteiger partial charge is 0.294 e. The van der Waals surface area contributed by atoms with Crippen molar-refractivity contribution in [1.82, 2.24) is 0 Å². The molecule has 0 unspecified atom stereocenters. The molecule has 0 saturated heterocycles. The molecule has 1 aromatic carbocycles. The smallest absolute Gasteiger partial charge is 0.163 e. The van der Waals surface area contributed by atoms with Gasteiger partial charge >= 0.3 is 0 Å². The lowest BCUT2D eigenvalue weighted by atomic mass is 10.1. The summed E-state index contributed by atoms with van der Waals surface area (Å²) < 4.78 is 2.00. The van der Waals surface area contributed by atoms with E-state index in [1.54, 1.807) is 0 Å². The van der Waals surface area contributed by atoms with Gasteiger partial charge in [0, 0.05) is 20.0 Å². The van der Waals surface area contributed by atoms with Gasteiger partial charge in [-0.3, -0.25) is 4.79 Å². The summed E-state index contributed by atoms with van der Waals surface area (Å²) in [7, 11) is 0. The van der Waals surface area contributed by atoms with Gasteiger partial charge in [0.05, 0.1) is 0 Å². The van der Waals surface area contributed by atoms with Crippen molar-refractivity contribution in [2.24, 2.45) is 0 Å². The van der Waals surface area contributed by atoms with E-state index in [0.717, 1.165) is 26.4 Å². The number of carbonyl (C=O) groups is 1. The number of unbranched alkanes of at least 4 members (excludes halogenated alkanes) is 1. The molecule has 0 aliphatic carbocycles. The van der Waals surface area contributed by atoms with E-state index in [4.69, 9.17) is 0 Å². The maximum Gasteiger partial charge on any atom is 0.163 e. The molecule has 0 aliphatic heterocycles. The molecule has 0 N–H and O–H groups in total. The van der Waals surface area contributed by atoms with Crippen LogP contribution in [0.4, 0.5) is 0 Å². The minimum absolute atomic E-state index is 0.248. The van der Waals surface area contributed by atoms with Gasteiger partial charge in [0.15, 0.2) is 5.78 Å². The van der Waals surface area contributed by atoms with Crippen LogP contribution in [0.25, 0.3) is 0 Å². The fourth-order valence-corrected chi connectivity index (χ4v) is 2.18. The third kappa shape index (κ3) is 3.35. The van der Waals surface area contributed by atoms with E-state index in [2.05, 4.69) is 45.4 Å². The van der Waals surface area contributed by atoms with Crippen molar-refractivity contribution in [3.8, 4) is 0 Å². The number of ketones is 1. The summed E-state index contributed by atoms with van der Waals surface area (Å²) in [6.45, 7) is 2.10. The molecule has 0 heterocycles. The van der Waals surface area contributed by atoms with Gasteiger partial charge in [0.1, 0.15) is 0 Å². The van der Waals surface area contributed by atoms with Gasteiger partial charge in [-0.1, -0.05) is 29.3 Å². The second-order valence-corrected chi connectivity index (χ2v) is 5.23. The predicted molar refractivity (Wildman–Crippen MR) is 70.7 cm³/mol. The summed E-state index contributed by atoms with van der Waals surface area (Å²) in [5, 5.41) is 0. The highest BCUT2D eigenvalue weighted by Gasteiger charge is 2.09. The van der Waals surface area contributed by atoms with Gasteiger partial charge in [0.2, 0.25) is 0 Å². The number of hydrogen-bond acceptors (Lipinski definition) is 1. The molecular weight excluding hydrogens is 355 g/mol. The molecule has 0 saturated carbocycles. The standard InChI is InChI=1S/C11H12BrIO/c1-2-3-4-11(14)9-7-8(12)5-6-10(9)13/h5-7H,2-4H2,1H3. The molecule has 1 rings (SSSR count). The molecule has 1 aromatic rings. The number of halogens is 2. The third-order valence-corrected chi connectivity index (χ3v) is 3.42. The molecule has 0 radical (unpaired) electrons. The van der Waals surface area contributed by atoms with Crippen LogP contribution in [0.1, 0.15) is 36.5 Å². The molecule has 0 spiro atoms. The number of carbonyl (C=O) groups excluding carboxylic acids is 1. The van der Waals surface area contributed by atoms with E-state index in [1.165, 1.54) is 0 Å². The van der Waals surface area contributed by atoms with Crippen molar-refractivity contribution in [3.05, 3.63) is 31.8 Å². The SMILES string of the molecule is CCCCC(=O)c1cc(Br)ccc1I. The molecule has 0 aromatic heterocycles. The Morgan fingerprint density at radius 1 is 1.50 bits per heavy atom. The first kappa shape index (κ1) is 12.2. The van der Waals surface area contributed by atoms with Crippen molar-refractivity contribution < 1.29 is 4.79 Å². The minimum Gasteiger partial charge on any atom is -0.294 e. The normalized spacial score (nSPS) is 10.2. The van der Waals surface area contributed by atoms with Gasteiger partial charge in [-0.15, -0.1) is 0 Å². The van der Waals surface area contributed by atoms with Gasteiger partial charge < -0.3 is 0 Å². The maximum absolute atomic E-state index is 11.8. The van der Waals surface area contributed by atoms with Crippen LogP contribution in [0, 0.1) is 3.57 Å². The highest BCUT2D eigenvalue weighted by Crippen LogP contribution is 2.20. The zero-order valence-corrected chi connectivity index (χ0v) is 11.8. The Hall–Kier alpha value is 0.1000. The van der Waals surface area contributed by atoms with Crippen molar-refractivity contribution >= 4 is 44.3 Å². The molecule has 0 aliphatic rings. The fourth-order valence-electron chi connectivity index (χ4n) is 1.18. The number of hydrogen-bond donors (Lipinski definition) is 0. The molecule has 0 fully saturated rings. The Balaban J connectivity index is 2.83. The van der Waals surface area contributed by atoms with Crippen LogP contribution in [0.5, 0.6) is 0 Å². The summed E-state index contributed by atoms with van der Waals surface area (Å²) in [4.78, 5) is 11.8. The summed E-state index contributed by atoms with van der Waals surface area (Å²) in [5.74, 6) is 0.248. The van der Waals surface area contributed by atoms with Crippen LogP contribution in [-0.4, -0.2) is 5.78 Å². The van der Waals surface area contributed by atoms with Crippen molar-refractivity contribution in [2.45, 2.75) is 26.2 Å². The second-order valence-electron chi connectivity index (χ2n) is 3.15. The molecule has 14 heavy (non-hydrogen) atoms. The van der Waals surface area contributed by atoms with Crippen molar-refractivity contribution in [2.75, 3.05) is 0 Å². The fraction of sp³-hybridized carbons (Fsp3) is 0.364. The number of Topliss-reactive ketones (excluding diaryl/α,β-unsaturated/α-hetero) is 1. The van der Waals surface area contributed by atoms with Crippen LogP contribution >= 0.6 is 38.5 Å². The van der Waals surface area contributed by atoms with Crippen molar-refractivity contribution in [3.63, 3.8) is 0 Å². The lowest BCUT2D eigenvalue weighted by Crippen LogP contribution is -2.01. The minimum atomic E-state index is 0.248. The van der Waals surface area contributed by atoms with Gasteiger partial charge in [0.25, 0.3) is 0 Å². The number of benzene rings is 1. The monoisotopic (exact) mass is 366 g/mol. The first-order valence-electron chi connectivity index (χ1n) is 4.63. The van der Waals surface area contributed by atoms with E-state index in [9.17, 15) is 4.79 Å². The van der Waals surface area contributed by atoms with Gasteiger partial charge in [-0.25, -0.2) is 0 Å². The predicted octanol–water partition coefficient (Wildman–Crippen LogP) is 4.43. The molecule has 0 atom stereocenters. The average Bonchev–Trinajstić information content (AvgIpc) is 2.18. The quantitative estimate of drug-likeness (QED) is 0.569. The van der Waals surface area contributed by atoms with Gasteiger partial charge in [-0.05, 0) is 47.2 Å². The van der Waals surface area contributed by atoms with Crippen LogP contribution in [0.2, 0.25) is 0 Å². The zero-order chi connectivity index (χ0) is 10.6. The Kier molecular flexibility index (Phi) is 5.09. The molecule has 0 bridgehead atoms. The first-order valence-corrected chi connectivity index (χ1v) is 6.50. The van der Waals surface area contributed by atoms with E-state index in [1.807, 2.05) is 18.2 Å². The first-order chi connectivity index (χ1) is 6.65. The molecular formula is C11H12BrIO. The van der Waals surface area contributed by atoms with E-state index in [0.29, 0.717) is 6.42 Å². The Bertz CT molecular complexity index is 336. The lowest BCUT2D eigenvalue weighted by Gasteiger charge is -2.03. The topological polar surface area (TPSA) is 17.1 Å². The van der Waals surface area contributed by atoms with Crippen LogP contribution in [0.15, 0.2) is 22.7 Å². The maximum atomic E-state index is 11.8. The molecule has 76 valence electrons. The second kappa shape index (κ2) is 5.85. The Morgan fingerprint density at radius 3 is 2.86 bits per heavy atom. The highest BCUT2D eigenvalue weighted by molar-refractivity contribution is 14.1. The lowest BCUT2D eigenvalue weighted by molar-refractivity contribution is 0.0979. The van der Waals surface area contributed by atoms with E-state index >= 15 is 0 Å².